The third-order valence-electron chi connectivity index (χ3n) is 6.82. The van der Waals surface area contributed by atoms with Gasteiger partial charge in [0.2, 0.25) is 15.9 Å². The fourth-order valence-electron chi connectivity index (χ4n) is 4.57. The van der Waals surface area contributed by atoms with E-state index in [2.05, 4.69) is 35.6 Å². The highest BCUT2D eigenvalue weighted by Gasteiger charge is 2.32. The molecule has 0 aromatic heterocycles. The Bertz CT molecular complexity index is 1360. The van der Waals surface area contributed by atoms with Gasteiger partial charge in [0.25, 0.3) is 0 Å². The topological polar surface area (TPSA) is 78.9 Å². The van der Waals surface area contributed by atoms with Crippen LogP contribution in [0.3, 0.4) is 0 Å². The van der Waals surface area contributed by atoms with Crippen molar-refractivity contribution in [1.82, 2.24) is 9.62 Å². The van der Waals surface area contributed by atoms with Crippen molar-refractivity contribution in [3.8, 4) is 5.75 Å². The fraction of sp³-hybridized carbons (Fsp3) is 0.321. The Morgan fingerprint density at radius 1 is 1.00 bits per heavy atom. The Labute approximate surface area is 224 Å². The molecule has 3 aromatic rings. The van der Waals surface area contributed by atoms with Crippen molar-refractivity contribution in [1.29, 1.82) is 0 Å². The number of aryl methyl sites for hydroxylation is 1. The molecule has 1 atom stereocenters. The van der Waals surface area contributed by atoms with E-state index in [0.29, 0.717) is 31.9 Å². The maximum atomic E-state index is 13.7. The zero-order valence-electron chi connectivity index (χ0n) is 21.3. The van der Waals surface area contributed by atoms with E-state index in [9.17, 15) is 13.2 Å². The number of amides is 1. The van der Waals surface area contributed by atoms with Crippen LogP contribution in [0.5, 0.6) is 5.75 Å². The lowest BCUT2D eigenvalue weighted by atomic mass is 10.0. The van der Waals surface area contributed by atoms with Gasteiger partial charge in [0.05, 0.1) is 17.0 Å². The van der Waals surface area contributed by atoms with Crippen LogP contribution in [0.25, 0.3) is 0 Å². The molecule has 0 spiro atoms. The van der Waals surface area contributed by atoms with Crippen LogP contribution < -0.4 is 14.4 Å². The number of benzene rings is 3. The number of carbonyl (C=O) groups excluding carboxylic acids is 1. The van der Waals surface area contributed by atoms with Gasteiger partial charge in [0.15, 0.2) is 0 Å². The summed E-state index contributed by atoms with van der Waals surface area (Å²) in [7, 11) is -2.56. The van der Waals surface area contributed by atoms with Gasteiger partial charge in [0.1, 0.15) is 11.8 Å². The predicted molar refractivity (Wildman–Crippen MR) is 147 cm³/mol. The van der Waals surface area contributed by atoms with Gasteiger partial charge >= 0.3 is 0 Å². The van der Waals surface area contributed by atoms with E-state index in [1.165, 1.54) is 42.1 Å². The first-order valence-electron chi connectivity index (χ1n) is 12.2. The van der Waals surface area contributed by atoms with Gasteiger partial charge in [-0.3, -0.25) is 4.79 Å². The molecule has 1 fully saturated rings. The first-order chi connectivity index (χ1) is 17.7. The average Bonchev–Trinajstić information content (AvgIpc) is 2.90. The monoisotopic (exact) mass is 541 g/mol. The van der Waals surface area contributed by atoms with E-state index >= 15 is 0 Å². The molecule has 196 valence electrons. The van der Waals surface area contributed by atoms with Crippen LogP contribution in [-0.2, 0) is 21.2 Å². The number of nitrogens with zero attached hydrogens (tertiary/aromatic N) is 2. The summed E-state index contributed by atoms with van der Waals surface area (Å²) in [5.74, 6) is 0.131. The van der Waals surface area contributed by atoms with Crippen LogP contribution >= 0.6 is 11.6 Å². The number of hydrogen-bond donors (Lipinski definition) is 1. The lowest BCUT2D eigenvalue weighted by molar-refractivity contribution is -0.133. The number of hydrogen-bond acceptors (Lipinski definition) is 5. The summed E-state index contributed by atoms with van der Waals surface area (Å²) in [6.07, 6.45) is 0.236. The minimum absolute atomic E-state index is 0.0242. The first kappa shape index (κ1) is 27.0. The molecule has 1 amide bonds. The number of carbonyl (C=O) groups is 1. The molecule has 9 heteroatoms. The molecule has 1 aliphatic rings. The number of anilines is 1. The summed E-state index contributed by atoms with van der Waals surface area (Å²) >= 11 is 6.17. The Hall–Kier alpha value is -3.07. The van der Waals surface area contributed by atoms with Crippen molar-refractivity contribution < 1.29 is 17.9 Å². The molecule has 4 rings (SSSR count). The SMILES string of the molecule is COc1ccc(S(=O)(=O)NC(Cc2ccccc2)C(=O)N2CCN(c3cccc(C)c3C)CC2)cc1Cl. The molecule has 0 radical (unpaired) electrons. The van der Waals surface area contributed by atoms with E-state index in [1.54, 1.807) is 4.90 Å². The number of halogens is 1. The van der Waals surface area contributed by atoms with Crippen LogP contribution in [0.1, 0.15) is 16.7 Å². The maximum Gasteiger partial charge on any atom is 0.241 e. The molecule has 0 bridgehead atoms. The summed E-state index contributed by atoms with van der Waals surface area (Å²) in [4.78, 5) is 17.7. The molecular formula is C28H32ClN3O4S. The highest BCUT2D eigenvalue weighted by atomic mass is 35.5. The van der Waals surface area contributed by atoms with E-state index in [1.807, 2.05) is 36.4 Å². The largest absolute Gasteiger partial charge is 0.495 e. The molecule has 1 aliphatic heterocycles. The van der Waals surface area contributed by atoms with Crippen LogP contribution in [0.2, 0.25) is 5.02 Å². The van der Waals surface area contributed by atoms with Gasteiger partial charge in [-0.05, 0) is 61.2 Å². The third kappa shape index (κ3) is 6.26. The Balaban J connectivity index is 1.53. The van der Waals surface area contributed by atoms with Gasteiger partial charge in [-0.15, -0.1) is 0 Å². The van der Waals surface area contributed by atoms with Gasteiger partial charge in [-0.25, -0.2) is 8.42 Å². The second kappa shape index (κ2) is 11.5. The lowest BCUT2D eigenvalue weighted by Gasteiger charge is -2.38. The maximum absolute atomic E-state index is 13.7. The van der Waals surface area contributed by atoms with Crippen LogP contribution in [-0.4, -0.2) is 58.6 Å². The van der Waals surface area contributed by atoms with E-state index < -0.39 is 16.1 Å². The highest BCUT2D eigenvalue weighted by molar-refractivity contribution is 7.89. The van der Waals surface area contributed by atoms with Crippen LogP contribution in [0, 0.1) is 13.8 Å². The molecule has 37 heavy (non-hydrogen) atoms. The van der Waals surface area contributed by atoms with Crippen LogP contribution in [0.4, 0.5) is 5.69 Å². The van der Waals surface area contributed by atoms with Gasteiger partial charge in [0, 0.05) is 31.9 Å². The summed E-state index contributed by atoms with van der Waals surface area (Å²) in [6.45, 7) is 6.57. The second-order valence-electron chi connectivity index (χ2n) is 9.19. The van der Waals surface area contributed by atoms with Crippen molar-refractivity contribution in [3.63, 3.8) is 0 Å². The van der Waals surface area contributed by atoms with E-state index in [-0.39, 0.29) is 22.2 Å². The van der Waals surface area contributed by atoms with Crippen molar-refractivity contribution in [3.05, 3.63) is 88.4 Å². The number of rotatable bonds is 8. The summed E-state index contributed by atoms with van der Waals surface area (Å²) < 4.78 is 34.4. The Morgan fingerprint density at radius 3 is 2.35 bits per heavy atom. The molecule has 0 aliphatic carbocycles. The van der Waals surface area contributed by atoms with Gasteiger partial charge in [-0.2, -0.15) is 4.72 Å². The van der Waals surface area contributed by atoms with Crippen LogP contribution in [0.15, 0.2) is 71.6 Å². The minimum atomic E-state index is -4.02. The molecule has 7 nitrogen and oxygen atoms in total. The molecule has 3 aromatic carbocycles. The summed E-state index contributed by atoms with van der Waals surface area (Å²) in [5, 5.41) is 0.180. The second-order valence-corrected chi connectivity index (χ2v) is 11.3. The zero-order valence-corrected chi connectivity index (χ0v) is 22.8. The molecule has 1 saturated heterocycles. The molecule has 0 saturated carbocycles. The number of nitrogens with one attached hydrogen (secondary N) is 1. The quantitative estimate of drug-likeness (QED) is 0.462. The number of methoxy groups -OCH3 is 1. The Kier molecular flexibility index (Phi) is 8.42. The first-order valence-corrected chi connectivity index (χ1v) is 14.1. The number of ether oxygens (including phenoxy) is 1. The average molecular weight is 542 g/mol. The summed E-state index contributed by atoms with van der Waals surface area (Å²) in [6, 6.07) is 18.9. The van der Waals surface area contributed by atoms with Crippen molar-refractivity contribution >= 4 is 33.2 Å². The normalized spacial score (nSPS) is 14.9. The Morgan fingerprint density at radius 2 is 1.70 bits per heavy atom. The molecular weight excluding hydrogens is 510 g/mol. The zero-order chi connectivity index (χ0) is 26.6. The van der Waals surface area contributed by atoms with Crippen molar-refractivity contribution in [2.45, 2.75) is 31.2 Å². The fourth-order valence-corrected chi connectivity index (χ4v) is 6.10. The predicted octanol–water partition coefficient (Wildman–Crippen LogP) is 4.20. The van der Waals surface area contributed by atoms with E-state index in [4.69, 9.17) is 16.3 Å². The summed E-state index contributed by atoms with van der Waals surface area (Å²) in [5.41, 5.74) is 4.50. The van der Waals surface area contributed by atoms with Crippen molar-refractivity contribution in [2.75, 3.05) is 38.2 Å². The molecule has 1 N–H and O–H groups in total. The van der Waals surface area contributed by atoms with Gasteiger partial charge in [-0.1, -0.05) is 54.1 Å². The smallest absolute Gasteiger partial charge is 0.241 e. The van der Waals surface area contributed by atoms with E-state index in [0.717, 1.165) is 5.56 Å². The molecule has 1 unspecified atom stereocenters. The lowest BCUT2D eigenvalue weighted by Crippen LogP contribution is -2.55. The third-order valence-corrected chi connectivity index (χ3v) is 8.58. The minimum Gasteiger partial charge on any atom is -0.495 e. The standard InChI is InChI=1S/C28H32ClN3O4S/c1-20-8-7-11-26(21(20)2)31-14-16-32(17-15-31)28(33)25(18-22-9-5-4-6-10-22)30-37(34,35)23-12-13-27(36-3)24(29)19-23/h4-13,19,25,30H,14-18H2,1-3H3. The number of piperazine rings is 1. The van der Waals surface area contributed by atoms with Gasteiger partial charge < -0.3 is 14.5 Å². The number of sulfonamides is 1. The highest BCUT2D eigenvalue weighted by Crippen LogP contribution is 2.27. The van der Waals surface area contributed by atoms with Crippen molar-refractivity contribution in [2.24, 2.45) is 0 Å². The molecule has 1 heterocycles.